The monoisotopic (exact) mass is 370 g/mol. The normalized spacial score (nSPS) is 26.3. The lowest BCUT2D eigenvalue weighted by Crippen LogP contribution is -2.54. The summed E-state index contributed by atoms with van der Waals surface area (Å²) in [7, 11) is 0. The lowest BCUT2D eigenvalue weighted by atomic mass is 9.76. The number of pyridine rings is 1. The molecule has 0 bridgehead atoms. The molecule has 1 aliphatic rings. The van der Waals surface area contributed by atoms with Crippen LogP contribution in [0.5, 0.6) is 0 Å². The van der Waals surface area contributed by atoms with Gasteiger partial charge in [-0.2, -0.15) is 0 Å². The van der Waals surface area contributed by atoms with Gasteiger partial charge in [-0.15, -0.1) is 0 Å². The van der Waals surface area contributed by atoms with E-state index in [-0.39, 0.29) is 17.8 Å². The molecule has 1 fully saturated rings. The van der Waals surface area contributed by atoms with Crippen molar-refractivity contribution in [2.24, 2.45) is 11.8 Å². The van der Waals surface area contributed by atoms with Crippen LogP contribution in [0.15, 0.2) is 30.5 Å². The van der Waals surface area contributed by atoms with Crippen LogP contribution >= 0.6 is 0 Å². The summed E-state index contributed by atoms with van der Waals surface area (Å²) in [5.41, 5.74) is 1.12. The number of piperidine rings is 1. The van der Waals surface area contributed by atoms with E-state index in [0.717, 1.165) is 29.7 Å². The van der Waals surface area contributed by atoms with Crippen LogP contribution in [0.4, 0.5) is 5.69 Å². The molecule has 0 radical (unpaired) electrons. The lowest BCUT2D eigenvalue weighted by Gasteiger charge is -2.46. The fourth-order valence-electron chi connectivity index (χ4n) is 3.64. The maximum atomic E-state index is 12.7. The van der Waals surface area contributed by atoms with Crippen LogP contribution < -0.4 is 4.90 Å². The Labute approximate surface area is 161 Å². The number of carbonyl (C=O) groups excluding carboxylic acids is 1. The number of anilines is 1. The van der Waals surface area contributed by atoms with Crippen molar-refractivity contribution < 1.29 is 14.6 Å². The summed E-state index contributed by atoms with van der Waals surface area (Å²) >= 11 is 0. The van der Waals surface area contributed by atoms with Gasteiger partial charge in [0.1, 0.15) is 5.60 Å². The summed E-state index contributed by atoms with van der Waals surface area (Å²) in [6, 6.07) is 7.71. The largest absolute Gasteiger partial charge is 0.456 e. The Hall–Kier alpha value is -2.14. The first-order chi connectivity index (χ1) is 12.5. The number of aliphatic hydroxyl groups is 1. The first-order valence-corrected chi connectivity index (χ1v) is 9.58. The zero-order valence-corrected chi connectivity index (χ0v) is 17.1. The minimum atomic E-state index is -0.670. The SMILES string of the molecule is C[C@@H]1CN(c2ccc3nccc(C(=O)OC(C)(C)C)c3c2)C[C@H](C)C1(C)O. The highest BCUT2D eigenvalue weighted by Crippen LogP contribution is 2.35. The predicted molar refractivity (Wildman–Crippen MR) is 108 cm³/mol. The third-order valence-corrected chi connectivity index (χ3v) is 5.69. The van der Waals surface area contributed by atoms with Gasteiger partial charge < -0.3 is 14.7 Å². The standard InChI is InChI=1S/C22H30N2O3/c1-14-12-24(13-15(2)22(14,6)26)16-7-8-19-18(11-16)17(9-10-23-19)20(25)27-21(3,4)5/h7-11,14-15,26H,12-13H2,1-6H3/t14-,15+,22?. The fraction of sp³-hybridized carbons (Fsp3) is 0.545. The molecule has 5 heteroatoms. The first kappa shape index (κ1) is 19.6. The third-order valence-electron chi connectivity index (χ3n) is 5.69. The van der Waals surface area contributed by atoms with E-state index in [1.165, 1.54) is 0 Å². The number of aromatic nitrogens is 1. The molecule has 2 aromatic rings. The Morgan fingerprint density at radius 2 is 1.85 bits per heavy atom. The number of nitrogens with zero attached hydrogens (tertiary/aromatic N) is 2. The molecule has 5 nitrogen and oxygen atoms in total. The highest BCUT2D eigenvalue weighted by atomic mass is 16.6. The van der Waals surface area contributed by atoms with Crippen LogP contribution in [0.1, 0.15) is 51.9 Å². The highest BCUT2D eigenvalue weighted by molar-refractivity contribution is 6.04. The predicted octanol–water partition coefficient (Wildman–Crippen LogP) is 4.03. The Kier molecular flexibility index (Phi) is 4.93. The number of esters is 1. The highest BCUT2D eigenvalue weighted by Gasteiger charge is 2.40. The molecule has 3 atom stereocenters. The fourth-order valence-corrected chi connectivity index (χ4v) is 3.64. The molecule has 1 unspecified atom stereocenters. The average Bonchev–Trinajstić information content (AvgIpc) is 2.57. The first-order valence-electron chi connectivity index (χ1n) is 9.58. The number of fused-ring (bicyclic) bond motifs is 1. The minimum Gasteiger partial charge on any atom is -0.456 e. The third kappa shape index (κ3) is 3.93. The maximum Gasteiger partial charge on any atom is 0.339 e. The van der Waals surface area contributed by atoms with Gasteiger partial charge in [0.25, 0.3) is 0 Å². The Bertz CT molecular complexity index is 840. The quantitative estimate of drug-likeness (QED) is 0.809. The van der Waals surface area contributed by atoms with Crippen LogP contribution in [-0.2, 0) is 4.74 Å². The van der Waals surface area contributed by atoms with Gasteiger partial charge in [-0.05, 0) is 52.0 Å². The molecule has 1 aliphatic heterocycles. The average molecular weight is 370 g/mol. The summed E-state index contributed by atoms with van der Waals surface area (Å²) < 4.78 is 5.57. The molecule has 1 N–H and O–H groups in total. The van der Waals surface area contributed by atoms with Gasteiger partial charge in [0.2, 0.25) is 0 Å². The van der Waals surface area contributed by atoms with E-state index in [0.29, 0.717) is 5.56 Å². The van der Waals surface area contributed by atoms with Crippen LogP contribution in [0, 0.1) is 11.8 Å². The zero-order valence-electron chi connectivity index (χ0n) is 17.1. The van der Waals surface area contributed by atoms with Crippen molar-refractivity contribution in [3.8, 4) is 0 Å². The number of ether oxygens (including phenoxy) is 1. The van der Waals surface area contributed by atoms with Gasteiger partial charge in [0.05, 0.1) is 16.7 Å². The molecular formula is C22H30N2O3. The van der Waals surface area contributed by atoms with Gasteiger partial charge >= 0.3 is 5.97 Å². The van der Waals surface area contributed by atoms with Crippen LogP contribution in [0.3, 0.4) is 0 Å². The van der Waals surface area contributed by atoms with Crippen molar-refractivity contribution in [3.05, 3.63) is 36.0 Å². The molecule has 1 saturated heterocycles. The van der Waals surface area contributed by atoms with Crippen molar-refractivity contribution in [1.82, 2.24) is 4.98 Å². The molecule has 1 aromatic heterocycles. The number of hydrogen-bond donors (Lipinski definition) is 1. The van der Waals surface area contributed by atoms with Crippen molar-refractivity contribution in [2.45, 2.75) is 52.7 Å². The van der Waals surface area contributed by atoms with E-state index in [1.54, 1.807) is 12.3 Å². The molecule has 0 spiro atoms. The molecule has 0 aliphatic carbocycles. The van der Waals surface area contributed by atoms with Crippen molar-refractivity contribution >= 4 is 22.6 Å². The van der Waals surface area contributed by atoms with E-state index < -0.39 is 11.2 Å². The minimum absolute atomic E-state index is 0.149. The summed E-state index contributed by atoms with van der Waals surface area (Å²) in [5.74, 6) is -0.0392. The number of hydrogen-bond acceptors (Lipinski definition) is 5. The lowest BCUT2D eigenvalue weighted by molar-refractivity contribution is -0.0503. The van der Waals surface area contributed by atoms with E-state index in [4.69, 9.17) is 4.74 Å². The van der Waals surface area contributed by atoms with Gasteiger partial charge in [0.15, 0.2) is 0 Å². The molecule has 27 heavy (non-hydrogen) atoms. The van der Waals surface area contributed by atoms with E-state index in [1.807, 2.05) is 45.9 Å². The Morgan fingerprint density at radius 1 is 1.22 bits per heavy atom. The summed E-state index contributed by atoms with van der Waals surface area (Å²) in [6.07, 6.45) is 1.64. The summed E-state index contributed by atoms with van der Waals surface area (Å²) in [5, 5.41) is 11.5. The second-order valence-electron chi connectivity index (χ2n) is 8.99. The molecule has 146 valence electrons. The van der Waals surface area contributed by atoms with E-state index >= 15 is 0 Å². The zero-order chi connectivity index (χ0) is 20.0. The van der Waals surface area contributed by atoms with Crippen molar-refractivity contribution in [3.63, 3.8) is 0 Å². The number of benzene rings is 1. The van der Waals surface area contributed by atoms with Crippen LogP contribution in [-0.4, -0.2) is 40.4 Å². The van der Waals surface area contributed by atoms with E-state index in [9.17, 15) is 9.90 Å². The summed E-state index contributed by atoms with van der Waals surface area (Å²) in [4.78, 5) is 19.3. The number of rotatable bonds is 2. The topological polar surface area (TPSA) is 62.7 Å². The maximum absolute atomic E-state index is 12.7. The van der Waals surface area contributed by atoms with Gasteiger partial charge in [-0.3, -0.25) is 4.98 Å². The second-order valence-corrected chi connectivity index (χ2v) is 8.99. The summed E-state index contributed by atoms with van der Waals surface area (Å²) in [6.45, 7) is 13.2. The van der Waals surface area contributed by atoms with Crippen LogP contribution in [0.2, 0.25) is 0 Å². The molecule has 2 heterocycles. The van der Waals surface area contributed by atoms with Gasteiger partial charge in [0, 0.05) is 42.2 Å². The Morgan fingerprint density at radius 3 is 2.44 bits per heavy atom. The Balaban J connectivity index is 1.98. The molecule has 1 aromatic carbocycles. The molecule has 0 saturated carbocycles. The van der Waals surface area contributed by atoms with Crippen molar-refractivity contribution in [1.29, 1.82) is 0 Å². The van der Waals surface area contributed by atoms with Gasteiger partial charge in [-0.1, -0.05) is 13.8 Å². The van der Waals surface area contributed by atoms with E-state index in [2.05, 4.69) is 23.7 Å². The van der Waals surface area contributed by atoms with Gasteiger partial charge in [-0.25, -0.2) is 4.79 Å². The second kappa shape index (κ2) is 6.79. The van der Waals surface area contributed by atoms with Crippen molar-refractivity contribution in [2.75, 3.05) is 18.0 Å². The number of carbonyl (C=O) groups is 1. The van der Waals surface area contributed by atoms with Crippen LogP contribution in [0.25, 0.3) is 10.9 Å². The molecule has 0 amide bonds. The molecule has 3 rings (SSSR count). The molecular weight excluding hydrogens is 340 g/mol. The smallest absolute Gasteiger partial charge is 0.339 e.